The van der Waals surface area contributed by atoms with Crippen LogP contribution < -0.4 is 4.90 Å². The number of carbonyl (C=O) groups is 2. The molecule has 29 heavy (non-hydrogen) atoms. The van der Waals surface area contributed by atoms with Gasteiger partial charge in [0.25, 0.3) is 0 Å². The topological polar surface area (TPSA) is 53.2 Å². The van der Waals surface area contributed by atoms with Crippen LogP contribution in [0.4, 0.5) is 5.69 Å². The average Bonchev–Trinajstić information content (AvgIpc) is 3.24. The van der Waals surface area contributed by atoms with Crippen LogP contribution >= 0.6 is 0 Å². The zero-order valence-corrected chi connectivity index (χ0v) is 16.5. The fourth-order valence-corrected chi connectivity index (χ4v) is 6.27. The first-order chi connectivity index (χ1) is 14.1. The van der Waals surface area contributed by atoms with Gasteiger partial charge in [0.2, 0.25) is 11.8 Å². The molecule has 0 radical (unpaired) electrons. The van der Waals surface area contributed by atoms with Crippen molar-refractivity contribution in [3.05, 3.63) is 65.9 Å². The van der Waals surface area contributed by atoms with E-state index in [2.05, 4.69) is 30.1 Å². The predicted molar refractivity (Wildman–Crippen MR) is 113 cm³/mol. The van der Waals surface area contributed by atoms with Gasteiger partial charge in [-0.3, -0.25) is 9.59 Å². The van der Waals surface area contributed by atoms with E-state index in [9.17, 15) is 9.59 Å². The summed E-state index contributed by atoms with van der Waals surface area (Å²) in [6.45, 7) is 2.28. The largest absolute Gasteiger partial charge is 0.357 e. The number of anilines is 1. The number of amides is 2. The summed E-state index contributed by atoms with van der Waals surface area (Å²) in [7, 11) is 0. The van der Waals surface area contributed by atoms with E-state index in [1.165, 1.54) is 22.3 Å². The zero-order valence-electron chi connectivity index (χ0n) is 16.5. The summed E-state index contributed by atoms with van der Waals surface area (Å²) < 4.78 is 0. The van der Waals surface area contributed by atoms with Crippen LogP contribution in [0, 0.1) is 17.8 Å². The number of hydrogen-bond donors (Lipinski definition) is 1. The Hall–Kier alpha value is -2.88. The van der Waals surface area contributed by atoms with Crippen molar-refractivity contribution in [3.63, 3.8) is 0 Å². The lowest BCUT2D eigenvalue weighted by Crippen LogP contribution is -2.39. The molecule has 0 unspecified atom stereocenters. The first-order valence-corrected chi connectivity index (χ1v) is 10.7. The number of nitrogens with zero attached hydrogens (tertiary/aromatic N) is 1. The first-order valence-electron chi connectivity index (χ1n) is 10.7. The van der Waals surface area contributed by atoms with E-state index in [1.807, 2.05) is 36.4 Å². The van der Waals surface area contributed by atoms with Crippen LogP contribution in [0.1, 0.15) is 49.3 Å². The predicted octanol–water partition coefficient (Wildman–Crippen LogP) is 4.97. The Morgan fingerprint density at radius 1 is 0.931 bits per heavy atom. The fraction of sp³-hybridized carbons (Fsp3) is 0.360. The molecule has 1 N–H and O–H groups in total. The van der Waals surface area contributed by atoms with E-state index >= 15 is 0 Å². The first kappa shape index (κ1) is 17.0. The molecule has 1 aromatic heterocycles. The second kappa shape index (κ2) is 6.06. The summed E-state index contributed by atoms with van der Waals surface area (Å²) in [6, 6.07) is 17.8. The van der Waals surface area contributed by atoms with E-state index in [0.29, 0.717) is 17.5 Å². The molecule has 2 amide bonds. The lowest BCUT2D eigenvalue weighted by molar-refractivity contribution is -0.123. The van der Waals surface area contributed by atoms with Gasteiger partial charge in [-0.25, -0.2) is 4.90 Å². The van der Waals surface area contributed by atoms with Crippen molar-refractivity contribution in [1.29, 1.82) is 0 Å². The maximum atomic E-state index is 13.6. The summed E-state index contributed by atoms with van der Waals surface area (Å²) in [5, 5.41) is 1.23. The minimum Gasteiger partial charge on any atom is -0.357 e. The molecule has 2 heterocycles. The number of carbonyl (C=O) groups excluding carboxylic acids is 2. The maximum absolute atomic E-state index is 13.6. The molecule has 6 rings (SSSR count). The minimum absolute atomic E-state index is 0.0143. The Morgan fingerprint density at radius 2 is 1.69 bits per heavy atom. The molecule has 4 nitrogen and oxygen atoms in total. The summed E-state index contributed by atoms with van der Waals surface area (Å²) in [5.74, 6) is 0.451. The van der Waals surface area contributed by atoms with Crippen molar-refractivity contribution < 1.29 is 9.59 Å². The van der Waals surface area contributed by atoms with Crippen LogP contribution in [0.5, 0.6) is 0 Å². The number of H-pyrrole nitrogens is 1. The van der Waals surface area contributed by atoms with Crippen LogP contribution in [-0.4, -0.2) is 16.8 Å². The van der Waals surface area contributed by atoms with Crippen molar-refractivity contribution in [3.8, 4) is 0 Å². The SMILES string of the molecule is C[C@@H]1CC[C@H]2c3c([nH]c4ccccc34)[C@H]3C(=O)N(c4ccccc4)C(=O)[C@@H]3[C@@H]2C1. The lowest BCUT2D eigenvalue weighted by atomic mass is 9.59. The number of imide groups is 1. The molecule has 146 valence electrons. The van der Waals surface area contributed by atoms with Gasteiger partial charge >= 0.3 is 0 Å². The third-order valence-electron chi connectivity index (χ3n) is 7.45. The number of hydrogen-bond acceptors (Lipinski definition) is 2. The van der Waals surface area contributed by atoms with Gasteiger partial charge in [-0.05, 0) is 54.4 Å². The molecule has 3 aliphatic rings. The maximum Gasteiger partial charge on any atom is 0.243 e. The van der Waals surface area contributed by atoms with Crippen LogP contribution in [0.15, 0.2) is 54.6 Å². The van der Waals surface area contributed by atoms with Gasteiger partial charge in [0.05, 0.1) is 17.5 Å². The van der Waals surface area contributed by atoms with Gasteiger partial charge in [-0.2, -0.15) is 0 Å². The van der Waals surface area contributed by atoms with Crippen molar-refractivity contribution in [2.75, 3.05) is 4.90 Å². The van der Waals surface area contributed by atoms with E-state index in [1.54, 1.807) is 0 Å². The van der Waals surface area contributed by atoms with Gasteiger partial charge in [0.1, 0.15) is 0 Å². The molecular formula is C25H24N2O2. The molecule has 0 bridgehead atoms. The Balaban J connectivity index is 1.57. The van der Waals surface area contributed by atoms with Crippen LogP contribution in [-0.2, 0) is 9.59 Å². The molecule has 1 saturated heterocycles. The highest BCUT2D eigenvalue weighted by Crippen LogP contribution is 2.58. The van der Waals surface area contributed by atoms with E-state index in [0.717, 1.165) is 24.1 Å². The highest BCUT2D eigenvalue weighted by atomic mass is 16.2. The standard InChI is InChI=1S/C25H24N2O2/c1-14-11-12-16-18(13-14)21-22(23-20(16)17-9-5-6-10-19(17)26-23)25(29)27(24(21)28)15-7-3-2-4-8-15/h2-10,14,16,18,21-22,26H,11-13H2,1H3/t14-,16-,18-,21-,22+/m1/s1. The molecule has 3 aromatic rings. The van der Waals surface area contributed by atoms with Crippen molar-refractivity contribution in [1.82, 2.24) is 4.98 Å². The Labute approximate surface area is 169 Å². The molecule has 5 atom stereocenters. The number of nitrogens with one attached hydrogen (secondary N) is 1. The molecule has 4 heteroatoms. The molecule has 1 aliphatic heterocycles. The lowest BCUT2D eigenvalue weighted by Gasteiger charge is -2.43. The minimum atomic E-state index is -0.392. The van der Waals surface area contributed by atoms with E-state index in [4.69, 9.17) is 0 Å². The molecule has 2 aromatic carbocycles. The highest BCUT2D eigenvalue weighted by molar-refractivity contribution is 6.24. The van der Waals surface area contributed by atoms with Gasteiger partial charge in [-0.15, -0.1) is 0 Å². The Morgan fingerprint density at radius 3 is 2.52 bits per heavy atom. The molecule has 2 aliphatic carbocycles. The monoisotopic (exact) mass is 384 g/mol. The number of aromatic nitrogens is 1. The number of rotatable bonds is 1. The number of aromatic amines is 1. The summed E-state index contributed by atoms with van der Waals surface area (Å²) in [4.78, 5) is 32.3. The van der Waals surface area contributed by atoms with Gasteiger partial charge in [0, 0.05) is 16.6 Å². The summed E-state index contributed by atoms with van der Waals surface area (Å²) >= 11 is 0. The number of para-hydroxylation sites is 2. The second-order valence-corrected chi connectivity index (χ2v) is 9.04. The summed E-state index contributed by atoms with van der Waals surface area (Å²) in [6.07, 6.45) is 3.30. The van der Waals surface area contributed by atoms with Crippen molar-refractivity contribution >= 4 is 28.4 Å². The third-order valence-corrected chi connectivity index (χ3v) is 7.45. The normalized spacial score (nSPS) is 30.9. The zero-order chi connectivity index (χ0) is 19.7. The van der Waals surface area contributed by atoms with E-state index in [-0.39, 0.29) is 23.7 Å². The molecule has 1 saturated carbocycles. The molecule has 2 fully saturated rings. The molecular weight excluding hydrogens is 360 g/mol. The Bertz CT molecular complexity index is 1130. The fourth-order valence-electron chi connectivity index (χ4n) is 6.27. The van der Waals surface area contributed by atoms with Gasteiger partial charge < -0.3 is 4.98 Å². The van der Waals surface area contributed by atoms with Gasteiger partial charge in [-0.1, -0.05) is 49.7 Å². The molecule has 0 spiro atoms. The smallest absolute Gasteiger partial charge is 0.243 e. The third kappa shape index (κ3) is 2.26. The van der Waals surface area contributed by atoms with Gasteiger partial charge in [0.15, 0.2) is 0 Å². The Kier molecular flexibility index (Phi) is 3.55. The summed E-state index contributed by atoms with van der Waals surface area (Å²) in [5.41, 5.74) is 4.06. The van der Waals surface area contributed by atoms with Crippen molar-refractivity contribution in [2.24, 2.45) is 17.8 Å². The van der Waals surface area contributed by atoms with Crippen molar-refractivity contribution in [2.45, 2.75) is 38.0 Å². The second-order valence-electron chi connectivity index (χ2n) is 9.04. The van der Waals surface area contributed by atoms with E-state index < -0.39 is 5.92 Å². The average molecular weight is 384 g/mol. The van der Waals surface area contributed by atoms with Crippen LogP contribution in [0.3, 0.4) is 0 Å². The quantitative estimate of drug-likeness (QED) is 0.602. The highest BCUT2D eigenvalue weighted by Gasteiger charge is 2.58. The number of benzene rings is 2. The van der Waals surface area contributed by atoms with Crippen LogP contribution in [0.2, 0.25) is 0 Å². The number of fused-ring (bicyclic) bond motifs is 8. The van der Waals surface area contributed by atoms with Crippen LogP contribution in [0.25, 0.3) is 10.9 Å².